The monoisotopic (exact) mass is 398 g/mol. The zero-order valence-electron chi connectivity index (χ0n) is 16.9. The molecule has 4 rings (SSSR count). The molecule has 0 spiro atoms. The molecular formula is C24H31ClN2O. The van der Waals surface area contributed by atoms with Gasteiger partial charge >= 0.3 is 0 Å². The summed E-state index contributed by atoms with van der Waals surface area (Å²) < 4.78 is 1.93. The van der Waals surface area contributed by atoms with E-state index in [-0.39, 0.29) is 18.3 Å². The molecule has 0 bridgehead atoms. The molecule has 1 aromatic heterocycles. The van der Waals surface area contributed by atoms with Gasteiger partial charge in [-0.15, -0.1) is 12.4 Å². The van der Waals surface area contributed by atoms with Crippen molar-refractivity contribution in [2.24, 2.45) is 11.8 Å². The van der Waals surface area contributed by atoms with E-state index in [2.05, 4.69) is 43.0 Å². The van der Waals surface area contributed by atoms with Gasteiger partial charge in [0.15, 0.2) is 0 Å². The van der Waals surface area contributed by atoms with Crippen LogP contribution >= 0.6 is 12.4 Å². The van der Waals surface area contributed by atoms with Crippen molar-refractivity contribution in [1.29, 1.82) is 0 Å². The fourth-order valence-electron chi connectivity index (χ4n) is 4.89. The van der Waals surface area contributed by atoms with Gasteiger partial charge in [-0.25, -0.2) is 0 Å². The number of unbranched alkanes of at least 4 members (excludes halogenated alkanes) is 1. The molecule has 1 aliphatic rings. The van der Waals surface area contributed by atoms with Gasteiger partial charge in [0.2, 0.25) is 5.91 Å². The second-order valence-corrected chi connectivity index (χ2v) is 8.43. The number of carbonyl (C=O) groups is 1. The molecule has 4 heteroatoms. The number of hydrogen-bond donors (Lipinski definition) is 0. The van der Waals surface area contributed by atoms with Gasteiger partial charge < -0.3 is 4.90 Å². The number of carbonyl (C=O) groups excluding carboxylic acids is 1. The van der Waals surface area contributed by atoms with Crippen LogP contribution in [0.25, 0.3) is 21.8 Å². The summed E-state index contributed by atoms with van der Waals surface area (Å²) in [5.41, 5.74) is 2.06. The maximum Gasteiger partial charge on any atom is 0.231 e. The SMILES string of the molecule is CC1CC(C)CN(CCCCC(=O)n2c3ccccc3c3ccccc32)C1.Cl. The quantitative estimate of drug-likeness (QED) is 0.492. The lowest BCUT2D eigenvalue weighted by Crippen LogP contribution is -2.39. The Morgan fingerprint density at radius 3 is 2.00 bits per heavy atom. The molecule has 1 saturated heterocycles. The number of para-hydroxylation sites is 2. The number of rotatable bonds is 5. The number of piperidine rings is 1. The van der Waals surface area contributed by atoms with Crippen molar-refractivity contribution in [3.63, 3.8) is 0 Å². The molecule has 0 amide bonds. The van der Waals surface area contributed by atoms with Crippen molar-refractivity contribution in [2.75, 3.05) is 19.6 Å². The predicted molar refractivity (Wildman–Crippen MR) is 121 cm³/mol. The smallest absolute Gasteiger partial charge is 0.231 e. The summed E-state index contributed by atoms with van der Waals surface area (Å²) in [6, 6.07) is 16.5. The fraction of sp³-hybridized carbons (Fsp3) is 0.458. The van der Waals surface area contributed by atoms with Crippen LogP contribution in [0.2, 0.25) is 0 Å². The van der Waals surface area contributed by atoms with Gasteiger partial charge in [-0.1, -0.05) is 50.2 Å². The lowest BCUT2D eigenvalue weighted by molar-refractivity contribution is 0.0904. The summed E-state index contributed by atoms with van der Waals surface area (Å²) >= 11 is 0. The minimum Gasteiger partial charge on any atom is -0.303 e. The zero-order valence-corrected chi connectivity index (χ0v) is 17.8. The number of hydrogen-bond acceptors (Lipinski definition) is 2. The molecule has 2 atom stereocenters. The van der Waals surface area contributed by atoms with Crippen LogP contribution in [-0.2, 0) is 0 Å². The highest BCUT2D eigenvalue weighted by Gasteiger charge is 2.21. The van der Waals surface area contributed by atoms with Crippen molar-refractivity contribution in [1.82, 2.24) is 9.47 Å². The molecule has 2 aromatic carbocycles. The van der Waals surface area contributed by atoms with Gasteiger partial charge in [0.1, 0.15) is 0 Å². The Labute approximate surface area is 174 Å². The largest absolute Gasteiger partial charge is 0.303 e. The Morgan fingerprint density at radius 2 is 1.43 bits per heavy atom. The molecule has 2 unspecified atom stereocenters. The van der Waals surface area contributed by atoms with E-state index >= 15 is 0 Å². The molecule has 28 heavy (non-hydrogen) atoms. The van der Waals surface area contributed by atoms with Crippen LogP contribution in [0.5, 0.6) is 0 Å². The fourth-order valence-corrected chi connectivity index (χ4v) is 4.89. The Morgan fingerprint density at radius 1 is 0.893 bits per heavy atom. The Balaban J connectivity index is 0.00000225. The van der Waals surface area contributed by atoms with E-state index in [1.807, 2.05) is 28.8 Å². The summed E-state index contributed by atoms with van der Waals surface area (Å²) in [7, 11) is 0. The van der Waals surface area contributed by atoms with E-state index in [1.165, 1.54) is 19.5 Å². The first-order valence-electron chi connectivity index (χ1n) is 10.4. The van der Waals surface area contributed by atoms with Crippen LogP contribution in [0.4, 0.5) is 0 Å². The minimum atomic E-state index is 0. The molecule has 3 aromatic rings. The van der Waals surface area contributed by atoms with Gasteiger partial charge in [-0.05, 0) is 49.8 Å². The normalized spacial score (nSPS) is 20.4. The van der Waals surface area contributed by atoms with Gasteiger partial charge in [-0.3, -0.25) is 9.36 Å². The van der Waals surface area contributed by atoms with Crippen molar-refractivity contribution >= 4 is 40.1 Å². The predicted octanol–water partition coefficient (Wildman–Crippen LogP) is 6.00. The van der Waals surface area contributed by atoms with E-state index in [4.69, 9.17) is 0 Å². The number of aromatic nitrogens is 1. The maximum absolute atomic E-state index is 13.0. The third-order valence-electron chi connectivity index (χ3n) is 5.89. The molecular weight excluding hydrogens is 368 g/mol. The second kappa shape index (κ2) is 9.11. The summed E-state index contributed by atoms with van der Waals surface area (Å²) in [6.45, 7) is 8.26. The Bertz CT molecular complexity index is 885. The van der Waals surface area contributed by atoms with Crippen molar-refractivity contribution in [2.45, 2.75) is 39.5 Å². The zero-order chi connectivity index (χ0) is 18.8. The van der Waals surface area contributed by atoms with E-state index < -0.39 is 0 Å². The van der Waals surface area contributed by atoms with Crippen LogP contribution in [0.1, 0.15) is 44.3 Å². The molecule has 1 aliphatic heterocycles. The van der Waals surface area contributed by atoms with Crippen molar-refractivity contribution in [3.8, 4) is 0 Å². The van der Waals surface area contributed by atoms with Crippen LogP contribution in [0, 0.1) is 11.8 Å². The van der Waals surface area contributed by atoms with Gasteiger partial charge in [0.05, 0.1) is 11.0 Å². The molecule has 0 aliphatic carbocycles. The molecule has 150 valence electrons. The summed E-state index contributed by atoms with van der Waals surface area (Å²) in [6.07, 6.45) is 4.02. The molecule has 3 nitrogen and oxygen atoms in total. The number of benzene rings is 2. The number of likely N-dealkylation sites (tertiary alicyclic amines) is 1. The highest BCUT2D eigenvalue weighted by molar-refractivity contribution is 6.13. The third kappa shape index (κ3) is 4.26. The molecule has 0 saturated carbocycles. The molecule has 1 fully saturated rings. The van der Waals surface area contributed by atoms with Crippen LogP contribution in [0.15, 0.2) is 48.5 Å². The standard InChI is InChI=1S/C24H30N2O.ClH/c1-18-15-19(2)17-25(16-18)14-8-7-13-24(27)26-22-11-5-3-9-20(22)21-10-4-6-12-23(21)26;/h3-6,9-12,18-19H,7-8,13-17H2,1-2H3;1H. The number of nitrogens with zero attached hydrogens (tertiary/aromatic N) is 2. The lowest BCUT2D eigenvalue weighted by Gasteiger charge is -2.34. The van der Waals surface area contributed by atoms with Crippen LogP contribution in [-0.4, -0.2) is 35.0 Å². The molecule has 0 radical (unpaired) electrons. The third-order valence-corrected chi connectivity index (χ3v) is 5.89. The number of fused-ring (bicyclic) bond motifs is 3. The highest BCUT2D eigenvalue weighted by atomic mass is 35.5. The average molecular weight is 399 g/mol. The summed E-state index contributed by atoms with van der Waals surface area (Å²) in [4.78, 5) is 15.6. The van der Waals surface area contributed by atoms with Gasteiger partial charge in [0, 0.05) is 30.3 Å². The van der Waals surface area contributed by atoms with Crippen LogP contribution < -0.4 is 0 Å². The van der Waals surface area contributed by atoms with E-state index in [9.17, 15) is 4.79 Å². The van der Waals surface area contributed by atoms with Gasteiger partial charge in [0.25, 0.3) is 0 Å². The lowest BCUT2D eigenvalue weighted by atomic mass is 9.92. The Hall–Kier alpha value is -1.84. The first kappa shape index (κ1) is 20.9. The first-order valence-corrected chi connectivity index (χ1v) is 10.4. The van der Waals surface area contributed by atoms with Crippen LogP contribution in [0.3, 0.4) is 0 Å². The highest BCUT2D eigenvalue weighted by Crippen LogP contribution is 2.29. The maximum atomic E-state index is 13.0. The van der Waals surface area contributed by atoms with Gasteiger partial charge in [-0.2, -0.15) is 0 Å². The number of halogens is 1. The molecule has 0 N–H and O–H groups in total. The first-order chi connectivity index (χ1) is 13.1. The molecule has 2 heterocycles. The minimum absolute atomic E-state index is 0. The Kier molecular flexibility index (Phi) is 6.79. The van der Waals surface area contributed by atoms with E-state index in [0.29, 0.717) is 6.42 Å². The second-order valence-electron chi connectivity index (χ2n) is 8.43. The van der Waals surface area contributed by atoms with Crippen molar-refractivity contribution in [3.05, 3.63) is 48.5 Å². The summed E-state index contributed by atoms with van der Waals surface area (Å²) in [5, 5.41) is 2.33. The van der Waals surface area contributed by atoms with Crippen molar-refractivity contribution < 1.29 is 4.79 Å². The average Bonchev–Trinajstić information content (AvgIpc) is 2.99. The summed E-state index contributed by atoms with van der Waals surface area (Å²) in [5.74, 6) is 1.81. The van der Waals surface area contributed by atoms with E-state index in [0.717, 1.165) is 53.0 Å². The topological polar surface area (TPSA) is 25.2 Å². The van der Waals surface area contributed by atoms with E-state index in [1.54, 1.807) is 0 Å².